The largest absolute Gasteiger partial charge is 0.491 e. The molecule has 0 aliphatic rings. The van der Waals surface area contributed by atoms with E-state index in [1.54, 1.807) is 12.5 Å². The van der Waals surface area contributed by atoms with E-state index in [0.717, 1.165) is 11.3 Å². The number of para-hydroxylation sites is 1. The molecule has 0 saturated carbocycles. The number of benzene rings is 2. The van der Waals surface area contributed by atoms with Crippen LogP contribution >= 0.6 is 0 Å². The summed E-state index contributed by atoms with van der Waals surface area (Å²) in [4.78, 5) is 28.0. The monoisotopic (exact) mass is 436 g/mol. The van der Waals surface area contributed by atoms with Crippen LogP contribution in [-0.4, -0.2) is 34.7 Å². The van der Waals surface area contributed by atoms with Gasteiger partial charge in [0.15, 0.2) is 0 Å². The molecule has 1 heterocycles. The Morgan fingerprint density at radius 3 is 2.16 bits per heavy atom. The maximum Gasteiger partial charge on any atom is 0.306 e. The number of nitrogens with zero attached hydrogens (tertiary/aromatic N) is 2. The summed E-state index contributed by atoms with van der Waals surface area (Å²) in [5.41, 5.74) is 0.952. The summed E-state index contributed by atoms with van der Waals surface area (Å²) in [6.07, 6.45) is 6.83. The molecule has 0 spiro atoms. The highest BCUT2D eigenvalue weighted by Gasteiger charge is 2.15. The predicted octanol–water partition coefficient (Wildman–Crippen LogP) is 4.35. The lowest BCUT2D eigenvalue weighted by molar-refractivity contribution is -0.147. The van der Waals surface area contributed by atoms with Gasteiger partial charge in [-0.05, 0) is 30.5 Å². The number of carbonyl (C=O) groups excluding carboxylic acids is 2. The first kappa shape index (κ1) is 23.1. The third kappa shape index (κ3) is 8.26. The van der Waals surface area contributed by atoms with Crippen molar-refractivity contribution in [2.24, 2.45) is 0 Å². The molecule has 7 heteroatoms. The minimum atomic E-state index is -0.299. The van der Waals surface area contributed by atoms with Crippen LogP contribution in [0.1, 0.15) is 37.3 Å². The van der Waals surface area contributed by atoms with Gasteiger partial charge in [-0.1, -0.05) is 48.5 Å². The highest BCUT2D eigenvalue weighted by Crippen LogP contribution is 2.14. The second kappa shape index (κ2) is 12.9. The first-order valence-electron chi connectivity index (χ1n) is 10.7. The molecule has 2 aromatic carbocycles. The fourth-order valence-electron chi connectivity index (χ4n) is 3.03. The van der Waals surface area contributed by atoms with Crippen LogP contribution in [0, 0.1) is 0 Å². The van der Waals surface area contributed by atoms with Crippen molar-refractivity contribution >= 4 is 11.9 Å². The van der Waals surface area contributed by atoms with E-state index in [4.69, 9.17) is 14.2 Å². The molecule has 1 aromatic heterocycles. The summed E-state index contributed by atoms with van der Waals surface area (Å²) in [5.74, 6) is 0.191. The normalized spacial score (nSPS) is 11.5. The first-order chi connectivity index (χ1) is 15.7. The van der Waals surface area contributed by atoms with Gasteiger partial charge in [-0.3, -0.25) is 9.59 Å². The Labute approximate surface area is 187 Å². The maximum atomic E-state index is 12.1. The van der Waals surface area contributed by atoms with E-state index < -0.39 is 0 Å². The molecule has 0 fully saturated rings. The van der Waals surface area contributed by atoms with E-state index in [9.17, 15) is 9.59 Å². The smallest absolute Gasteiger partial charge is 0.306 e. The van der Waals surface area contributed by atoms with E-state index in [0.29, 0.717) is 19.4 Å². The van der Waals surface area contributed by atoms with Crippen LogP contribution in [-0.2, 0) is 25.7 Å². The molecule has 1 atom stereocenters. The average molecular weight is 437 g/mol. The molecule has 32 heavy (non-hydrogen) atoms. The molecular weight excluding hydrogens is 408 g/mol. The van der Waals surface area contributed by atoms with Crippen molar-refractivity contribution in [1.29, 1.82) is 0 Å². The number of hydrogen-bond donors (Lipinski definition) is 0. The second-order valence-corrected chi connectivity index (χ2v) is 7.32. The molecule has 3 aromatic rings. The maximum absolute atomic E-state index is 12.1. The second-order valence-electron chi connectivity index (χ2n) is 7.32. The highest BCUT2D eigenvalue weighted by atomic mass is 16.5. The van der Waals surface area contributed by atoms with Gasteiger partial charge in [0, 0.05) is 25.2 Å². The van der Waals surface area contributed by atoms with Gasteiger partial charge < -0.3 is 18.8 Å². The molecule has 0 bridgehead atoms. The van der Waals surface area contributed by atoms with Crippen LogP contribution < -0.4 is 4.74 Å². The van der Waals surface area contributed by atoms with Gasteiger partial charge in [0.1, 0.15) is 31.6 Å². The average Bonchev–Trinajstić information content (AvgIpc) is 3.37. The van der Waals surface area contributed by atoms with Crippen LogP contribution in [0.25, 0.3) is 0 Å². The zero-order chi connectivity index (χ0) is 22.4. The van der Waals surface area contributed by atoms with Crippen molar-refractivity contribution in [3.63, 3.8) is 0 Å². The van der Waals surface area contributed by atoms with Crippen molar-refractivity contribution in [2.45, 2.75) is 38.3 Å². The zero-order valence-electron chi connectivity index (χ0n) is 18.0. The molecule has 0 radical (unpaired) electrons. The lowest BCUT2D eigenvalue weighted by atomic mass is 10.2. The van der Waals surface area contributed by atoms with Crippen LogP contribution in [0.5, 0.6) is 5.75 Å². The number of aromatic nitrogens is 2. The van der Waals surface area contributed by atoms with Crippen molar-refractivity contribution in [1.82, 2.24) is 9.55 Å². The summed E-state index contributed by atoms with van der Waals surface area (Å²) in [5, 5.41) is 0. The van der Waals surface area contributed by atoms with Crippen molar-refractivity contribution < 1.29 is 23.8 Å². The van der Waals surface area contributed by atoms with Gasteiger partial charge in [0.05, 0.1) is 6.33 Å². The number of imidazole rings is 1. The first-order valence-corrected chi connectivity index (χ1v) is 10.7. The standard InChI is InChI=1S/C25H28N2O5/c28-24(31-17-21-9-3-1-4-10-21)13-7-8-14-25(29)32-19-22(27-16-15-26-20-27)18-30-23-11-5-2-6-12-23/h1-6,9-12,15-16,20,22H,7-8,13-14,17-19H2. The third-order valence-electron chi connectivity index (χ3n) is 4.82. The van der Waals surface area contributed by atoms with Gasteiger partial charge in [0.25, 0.3) is 0 Å². The van der Waals surface area contributed by atoms with Crippen molar-refractivity contribution in [2.75, 3.05) is 13.2 Å². The molecule has 3 rings (SSSR count). The summed E-state index contributed by atoms with van der Waals surface area (Å²) in [6.45, 7) is 0.796. The number of ether oxygens (including phenoxy) is 3. The van der Waals surface area contributed by atoms with E-state index in [-0.39, 0.29) is 44.0 Å². The van der Waals surface area contributed by atoms with E-state index >= 15 is 0 Å². The molecule has 7 nitrogen and oxygen atoms in total. The van der Waals surface area contributed by atoms with Gasteiger partial charge in [-0.2, -0.15) is 0 Å². The molecule has 0 amide bonds. The molecule has 0 saturated heterocycles. The Bertz CT molecular complexity index is 929. The third-order valence-corrected chi connectivity index (χ3v) is 4.82. The topological polar surface area (TPSA) is 79.7 Å². The van der Waals surface area contributed by atoms with E-state index in [2.05, 4.69) is 4.98 Å². The molecule has 0 aliphatic heterocycles. The van der Waals surface area contributed by atoms with E-state index in [1.165, 1.54) is 0 Å². The van der Waals surface area contributed by atoms with Crippen LogP contribution in [0.3, 0.4) is 0 Å². The van der Waals surface area contributed by atoms with Crippen LogP contribution in [0.15, 0.2) is 79.4 Å². The fraction of sp³-hybridized carbons (Fsp3) is 0.320. The quantitative estimate of drug-likeness (QED) is 0.293. The number of carbonyl (C=O) groups is 2. The Balaban J connectivity index is 1.32. The van der Waals surface area contributed by atoms with Crippen LogP contribution in [0.2, 0.25) is 0 Å². The summed E-state index contributed by atoms with van der Waals surface area (Å²) < 4.78 is 18.4. The van der Waals surface area contributed by atoms with Gasteiger partial charge in [-0.25, -0.2) is 4.98 Å². The Kier molecular flexibility index (Phi) is 9.33. The summed E-state index contributed by atoms with van der Waals surface area (Å²) in [7, 11) is 0. The van der Waals surface area contributed by atoms with Gasteiger partial charge in [-0.15, -0.1) is 0 Å². The molecule has 1 unspecified atom stereocenters. The summed E-state index contributed by atoms with van der Waals surface area (Å²) in [6, 6.07) is 18.8. The minimum Gasteiger partial charge on any atom is -0.491 e. The number of hydrogen-bond acceptors (Lipinski definition) is 6. The lowest BCUT2D eigenvalue weighted by Crippen LogP contribution is -2.23. The fourth-order valence-corrected chi connectivity index (χ4v) is 3.03. The van der Waals surface area contributed by atoms with E-state index in [1.807, 2.05) is 71.4 Å². The Morgan fingerprint density at radius 1 is 0.844 bits per heavy atom. The molecule has 0 aliphatic carbocycles. The predicted molar refractivity (Wildman–Crippen MR) is 119 cm³/mol. The van der Waals surface area contributed by atoms with Crippen molar-refractivity contribution in [3.8, 4) is 5.75 Å². The molecule has 168 valence electrons. The SMILES string of the molecule is O=C(CCCCC(=O)OCC(COc1ccccc1)n1ccnc1)OCc1ccccc1. The van der Waals surface area contributed by atoms with Crippen molar-refractivity contribution in [3.05, 3.63) is 84.9 Å². The zero-order valence-corrected chi connectivity index (χ0v) is 18.0. The molecule has 0 N–H and O–H groups in total. The Hall–Kier alpha value is -3.61. The minimum absolute atomic E-state index is 0.182. The van der Waals surface area contributed by atoms with Gasteiger partial charge >= 0.3 is 11.9 Å². The number of rotatable bonds is 13. The van der Waals surface area contributed by atoms with Gasteiger partial charge in [0.2, 0.25) is 0 Å². The summed E-state index contributed by atoms with van der Waals surface area (Å²) >= 11 is 0. The lowest BCUT2D eigenvalue weighted by Gasteiger charge is -2.19. The Morgan fingerprint density at radius 2 is 1.50 bits per heavy atom. The number of unbranched alkanes of at least 4 members (excludes halogenated alkanes) is 1. The number of esters is 2. The molecular formula is C25H28N2O5. The highest BCUT2D eigenvalue weighted by molar-refractivity contribution is 5.70. The van der Waals surface area contributed by atoms with Crippen LogP contribution in [0.4, 0.5) is 0 Å².